The summed E-state index contributed by atoms with van der Waals surface area (Å²) in [6, 6.07) is -0.394. The SMILES string of the molecule is CC1=C(N)C(N)=C(C)C(N)C1N. The smallest absolute Gasteiger partial charge is 0.0553 e. The van der Waals surface area contributed by atoms with Gasteiger partial charge in [-0.15, -0.1) is 0 Å². The Bertz CT molecular complexity index is 236. The lowest BCUT2D eigenvalue weighted by molar-refractivity contribution is 0.618. The molecule has 0 aliphatic heterocycles. The normalized spacial score (nSPS) is 31.3. The van der Waals surface area contributed by atoms with E-state index >= 15 is 0 Å². The summed E-state index contributed by atoms with van der Waals surface area (Å²) in [6.07, 6.45) is 0. The first-order valence-corrected chi connectivity index (χ1v) is 3.90. The van der Waals surface area contributed by atoms with Gasteiger partial charge in [0.1, 0.15) is 0 Å². The van der Waals surface area contributed by atoms with Gasteiger partial charge in [0.15, 0.2) is 0 Å². The fraction of sp³-hybridized carbons (Fsp3) is 0.500. The van der Waals surface area contributed by atoms with E-state index in [9.17, 15) is 0 Å². The molecular weight excluding hydrogens is 152 g/mol. The molecule has 0 fully saturated rings. The fourth-order valence-corrected chi connectivity index (χ4v) is 1.32. The molecule has 12 heavy (non-hydrogen) atoms. The van der Waals surface area contributed by atoms with Gasteiger partial charge in [-0.3, -0.25) is 0 Å². The molecule has 0 aromatic heterocycles. The third-order valence-corrected chi connectivity index (χ3v) is 2.53. The van der Waals surface area contributed by atoms with E-state index in [2.05, 4.69) is 0 Å². The van der Waals surface area contributed by atoms with Crippen LogP contribution in [-0.2, 0) is 0 Å². The van der Waals surface area contributed by atoms with Gasteiger partial charge >= 0.3 is 0 Å². The molecule has 0 spiro atoms. The summed E-state index contributed by atoms with van der Waals surface area (Å²) in [5.74, 6) is 0. The molecule has 0 aromatic carbocycles. The maximum Gasteiger partial charge on any atom is 0.0553 e. The molecule has 0 saturated heterocycles. The average Bonchev–Trinajstić information content (AvgIpc) is 2.08. The van der Waals surface area contributed by atoms with Crippen LogP contribution in [0.3, 0.4) is 0 Å². The molecule has 0 radical (unpaired) electrons. The predicted octanol–water partition coefficient (Wildman–Crippen LogP) is -0.880. The van der Waals surface area contributed by atoms with Gasteiger partial charge in [0.25, 0.3) is 0 Å². The highest BCUT2D eigenvalue weighted by Crippen LogP contribution is 2.22. The molecule has 0 bridgehead atoms. The highest BCUT2D eigenvalue weighted by atomic mass is 14.8. The van der Waals surface area contributed by atoms with Crippen LogP contribution in [-0.4, -0.2) is 12.1 Å². The molecule has 1 aliphatic carbocycles. The highest BCUT2D eigenvalue weighted by molar-refractivity contribution is 5.43. The topological polar surface area (TPSA) is 104 Å². The summed E-state index contributed by atoms with van der Waals surface area (Å²) in [5.41, 5.74) is 26.0. The number of hydrogen-bond acceptors (Lipinski definition) is 4. The van der Waals surface area contributed by atoms with Crippen LogP contribution in [0.2, 0.25) is 0 Å². The summed E-state index contributed by atoms with van der Waals surface area (Å²) < 4.78 is 0. The molecule has 8 N–H and O–H groups in total. The molecule has 68 valence electrons. The Morgan fingerprint density at radius 1 is 0.833 bits per heavy atom. The highest BCUT2D eigenvalue weighted by Gasteiger charge is 2.26. The van der Waals surface area contributed by atoms with Gasteiger partial charge in [-0.05, 0) is 25.0 Å². The van der Waals surface area contributed by atoms with Crippen LogP contribution >= 0.6 is 0 Å². The Labute approximate surface area is 72.3 Å². The van der Waals surface area contributed by atoms with E-state index in [1.54, 1.807) is 0 Å². The number of rotatable bonds is 0. The van der Waals surface area contributed by atoms with Crippen molar-refractivity contribution in [2.24, 2.45) is 22.9 Å². The Kier molecular flexibility index (Phi) is 2.12. The van der Waals surface area contributed by atoms with Crippen LogP contribution in [0.25, 0.3) is 0 Å². The Hall–Kier alpha value is -1.00. The minimum Gasteiger partial charge on any atom is -0.397 e. The summed E-state index contributed by atoms with van der Waals surface area (Å²) in [7, 11) is 0. The quantitative estimate of drug-likeness (QED) is 0.377. The van der Waals surface area contributed by atoms with Crippen LogP contribution in [0.1, 0.15) is 13.8 Å². The molecule has 0 amide bonds. The first-order valence-electron chi connectivity index (χ1n) is 3.90. The minimum atomic E-state index is -0.197. The number of hydrogen-bond donors (Lipinski definition) is 4. The first kappa shape index (κ1) is 9.09. The van der Waals surface area contributed by atoms with E-state index in [0.29, 0.717) is 11.4 Å². The van der Waals surface area contributed by atoms with Crippen molar-refractivity contribution in [2.45, 2.75) is 25.9 Å². The minimum absolute atomic E-state index is 0.197. The molecule has 1 aliphatic rings. The standard InChI is InChI=1S/C8H16N4/c1-3-5(9)7(11)4(2)8(12)6(3)10/h5,7H,9-12H2,1-2H3. The van der Waals surface area contributed by atoms with E-state index in [-0.39, 0.29) is 12.1 Å². The van der Waals surface area contributed by atoms with Gasteiger partial charge in [-0.1, -0.05) is 0 Å². The van der Waals surface area contributed by atoms with E-state index in [1.807, 2.05) is 13.8 Å². The molecule has 2 atom stereocenters. The summed E-state index contributed by atoms with van der Waals surface area (Å²) in [4.78, 5) is 0. The van der Waals surface area contributed by atoms with Gasteiger partial charge in [0, 0.05) is 12.1 Å². The van der Waals surface area contributed by atoms with E-state index in [0.717, 1.165) is 11.1 Å². The van der Waals surface area contributed by atoms with Crippen molar-refractivity contribution in [1.29, 1.82) is 0 Å². The third kappa shape index (κ3) is 1.09. The van der Waals surface area contributed by atoms with E-state index in [4.69, 9.17) is 22.9 Å². The summed E-state index contributed by atoms with van der Waals surface area (Å²) in [6.45, 7) is 3.72. The zero-order chi connectivity index (χ0) is 9.46. The average molecular weight is 168 g/mol. The van der Waals surface area contributed by atoms with Gasteiger partial charge < -0.3 is 22.9 Å². The van der Waals surface area contributed by atoms with Gasteiger partial charge in [-0.25, -0.2) is 0 Å². The lowest BCUT2D eigenvalue weighted by atomic mass is 9.87. The molecule has 4 heteroatoms. The van der Waals surface area contributed by atoms with E-state index < -0.39 is 0 Å². The lowest BCUT2D eigenvalue weighted by Crippen LogP contribution is -2.47. The van der Waals surface area contributed by atoms with E-state index in [1.165, 1.54) is 0 Å². The van der Waals surface area contributed by atoms with Crippen molar-refractivity contribution in [1.82, 2.24) is 0 Å². The van der Waals surface area contributed by atoms with Gasteiger partial charge in [0.2, 0.25) is 0 Å². The first-order chi connectivity index (χ1) is 5.46. The molecule has 4 nitrogen and oxygen atoms in total. The zero-order valence-corrected chi connectivity index (χ0v) is 7.46. The summed E-state index contributed by atoms with van der Waals surface area (Å²) in [5, 5.41) is 0. The Balaban J connectivity index is 3.18. The van der Waals surface area contributed by atoms with Crippen LogP contribution in [0.15, 0.2) is 22.5 Å². The van der Waals surface area contributed by atoms with Gasteiger partial charge in [0.05, 0.1) is 11.4 Å². The van der Waals surface area contributed by atoms with Crippen molar-refractivity contribution >= 4 is 0 Å². The van der Waals surface area contributed by atoms with Crippen molar-refractivity contribution in [2.75, 3.05) is 0 Å². The second-order valence-electron chi connectivity index (χ2n) is 3.24. The van der Waals surface area contributed by atoms with Crippen molar-refractivity contribution in [3.8, 4) is 0 Å². The number of nitrogens with two attached hydrogens (primary N) is 4. The van der Waals surface area contributed by atoms with Crippen molar-refractivity contribution in [3.05, 3.63) is 22.5 Å². The Morgan fingerprint density at radius 3 is 1.33 bits per heavy atom. The van der Waals surface area contributed by atoms with Crippen molar-refractivity contribution in [3.63, 3.8) is 0 Å². The molecule has 0 aromatic rings. The monoisotopic (exact) mass is 168 g/mol. The Morgan fingerprint density at radius 2 is 1.08 bits per heavy atom. The second-order valence-corrected chi connectivity index (χ2v) is 3.24. The largest absolute Gasteiger partial charge is 0.397 e. The molecule has 0 saturated carbocycles. The van der Waals surface area contributed by atoms with Crippen LogP contribution in [0, 0.1) is 0 Å². The maximum atomic E-state index is 5.81. The third-order valence-electron chi connectivity index (χ3n) is 2.53. The second kappa shape index (κ2) is 2.80. The molecule has 0 heterocycles. The van der Waals surface area contributed by atoms with Gasteiger partial charge in [-0.2, -0.15) is 0 Å². The molecule has 1 rings (SSSR count). The van der Waals surface area contributed by atoms with Crippen LogP contribution in [0.4, 0.5) is 0 Å². The molecular formula is C8H16N4. The fourth-order valence-electron chi connectivity index (χ4n) is 1.32. The van der Waals surface area contributed by atoms with Crippen LogP contribution in [0.5, 0.6) is 0 Å². The predicted molar refractivity (Wildman–Crippen MR) is 49.7 cm³/mol. The van der Waals surface area contributed by atoms with Crippen LogP contribution < -0.4 is 22.9 Å². The lowest BCUT2D eigenvalue weighted by Gasteiger charge is -2.29. The zero-order valence-electron chi connectivity index (χ0n) is 7.46. The maximum absolute atomic E-state index is 5.81. The molecule has 2 unspecified atom stereocenters. The van der Waals surface area contributed by atoms with Crippen molar-refractivity contribution < 1.29 is 0 Å². The summed E-state index contributed by atoms with van der Waals surface area (Å²) >= 11 is 0.